The van der Waals surface area contributed by atoms with Crippen molar-refractivity contribution in [2.45, 2.75) is 4.90 Å². The summed E-state index contributed by atoms with van der Waals surface area (Å²) in [4.78, 5) is -0.369. The van der Waals surface area contributed by atoms with Crippen molar-refractivity contribution >= 4 is 44.9 Å². The highest BCUT2D eigenvalue weighted by molar-refractivity contribution is 7.90. The molecule has 6 nitrogen and oxygen atoms in total. The molecule has 0 fully saturated rings. The van der Waals surface area contributed by atoms with Gasteiger partial charge in [0.15, 0.2) is 0 Å². The van der Waals surface area contributed by atoms with Gasteiger partial charge in [-0.05, 0) is 12.1 Å². The zero-order valence-corrected chi connectivity index (χ0v) is 10.1. The van der Waals surface area contributed by atoms with Crippen LogP contribution in [0.1, 0.15) is 0 Å². The normalized spacial score (nSPS) is 11.1. The number of halogens is 2. The van der Waals surface area contributed by atoms with Gasteiger partial charge in [0, 0.05) is 5.02 Å². The molecule has 0 aliphatic carbocycles. The average Bonchev–Trinajstić information content (AvgIpc) is 1.96. The van der Waals surface area contributed by atoms with Crippen LogP contribution in [0.25, 0.3) is 0 Å². The SMILES string of the molecule is NC(N)=NS(=O)(=O)c1c(N)cc(Cl)cc1Cl. The molecule has 16 heavy (non-hydrogen) atoms. The number of guanidine groups is 1. The van der Waals surface area contributed by atoms with Gasteiger partial charge in [-0.15, -0.1) is 4.40 Å². The molecule has 0 bridgehead atoms. The predicted molar refractivity (Wildman–Crippen MR) is 63.9 cm³/mol. The van der Waals surface area contributed by atoms with Crippen LogP contribution in [0.15, 0.2) is 21.4 Å². The summed E-state index contributed by atoms with van der Waals surface area (Å²) in [6, 6.07) is 2.47. The second-order valence-electron chi connectivity index (χ2n) is 2.80. The fourth-order valence-electron chi connectivity index (χ4n) is 1.04. The van der Waals surface area contributed by atoms with E-state index < -0.39 is 16.0 Å². The van der Waals surface area contributed by atoms with Gasteiger partial charge in [-0.25, -0.2) is 0 Å². The van der Waals surface area contributed by atoms with Gasteiger partial charge in [-0.2, -0.15) is 8.42 Å². The molecular formula is C7H8Cl2N4O2S. The Morgan fingerprint density at radius 1 is 1.25 bits per heavy atom. The molecule has 0 aliphatic rings. The number of sulfonamides is 1. The predicted octanol–water partition coefficient (Wildman–Crippen LogP) is 0.538. The number of nitrogens with two attached hydrogens (primary N) is 3. The Labute approximate surface area is 102 Å². The molecule has 1 aromatic carbocycles. The molecule has 0 spiro atoms. The molecule has 1 aromatic rings. The molecule has 1 rings (SSSR count). The highest BCUT2D eigenvalue weighted by Crippen LogP contribution is 2.32. The molecular weight excluding hydrogens is 275 g/mol. The first-order chi connectivity index (χ1) is 7.24. The number of hydrogen-bond donors (Lipinski definition) is 3. The van der Waals surface area contributed by atoms with E-state index in [0.717, 1.165) is 0 Å². The fraction of sp³-hybridized carbons (Fsp3) is 0. The summed E-state index contributed by atoms with van der Waals surface area (Å²) >= 11 is 11.3. The summed E-state index contributed by atoms with van der Waals surface area (Å²) in [5.41, 5.74) is 15.3. The first kappa shape index (κ1) is 12.9. The summed E-state index contributed by atoms with van der Waals surface area (Å²) < 4.78 is 26.3. The van der Waals surface area contributed by atoms with Crippen molar-refractivity contribution in [3.63, 3.8) is 0 Å². The highest BCUT2D eigenvalue weighted by Gasteiger charge is 2.21. The summed E-state index contributed by atoms with van der Waals surface area (Å²) in [5, 5.41) is 0.0705. The zero-order valence-electron chi connectivity index (χ0n) is 7.81. The van der Waals surface area contributed by atoms with Crippen LogP contribution in [0.3, 0.4) is 0 Å². The maximum absolute atomic E-state index is 11.6. The Morgan fingerprint density at radius 2 is 1.81 bits per heavy atom. The number of rotatable bonds is 2. The summed E-state index contributed by atoms with van der Waals surface area (Å²) in [5.74, 6) is -0.606. The third-order valence-electron chi connectivity index (χ3n) is 1.52. The molecule has 0 amide bonds. The van der Waals surface area contributed by atoms with E-state index in [1.165, 1.54) is 12.1 Å². The lowest BCUT2D eigenvalue weighted by atomic mass is 10.3. The molecule has 6 N–H and O–H groups in total. The standard InChI is InChI=1S/C7H8Cl2N4O2S/c8-3-1-4(9)6(5(10)2-3)16(14,15)13-7(11)12/h1-2H,10H2,(H4,11,12,13). The Balaban J connectivity index is 3.52. The lowest BCUT2D eigenvalue weighted by molar-refractivity contribution is 0.598. The monoisotopic (exact) mass is 282 g/mol. The van der Waals surface area contributed by atoms with Crippen LogP contribution in [0.5, 0.6) is 0 Å². The topological polar surface area (TPSA) is 125 Å². The molecule has 0 saturated carbocycles. The number of anilines is 1. The van der Waals surface area contributed by atoms with E-state index in [4.69, 9.17) is 40.4 Å². The van der Waals surface area contributed by atoms with Crippen LogP contribution in [0.2, 0.25) is 10.0 Å². The van der Waals surface area contributed by atoms with Gasteiger partial charge in [-0.3, -0.25) is 0 Å². The second-order valence-corrected chi connectivity index (χ2v) is 5.18. The molecule has 0 aromatic heterocycles. The van der Waals surface area contributed by atoms with Gasteiger partial charge in [0.25, 0.3) is 10.0 Å². The van der Waals surface area contributed by atoms with E-state index >= 15 is 0 Å². The van der Waals surface area contributed by atoms with Crippen molar-refractivity contribution < 1.29 is 8.42 Å². The van der Waals surface area contributed by atoms with Crippen LogP contribution in [-0.4, -0.2) is 14.4 Å². The van der Waals surface area contributed by atoms with Crippen molar-refractivity contribution in [2.75, 3.05) is 5.73 Å². The Bertz CT molecular complexity index is 529. The molecule has 0 saturated heterocycles. The Morgan fingerprint density at radius 3 is 2.25 bits per heavy atom. The lowest BCUT2D eigenvalue weighted by Gasteiger charge is -2.06. The third-order valence-corrected chi connectivity index (χ3v) is 3.57. The zero-order chi connectivity index (χ0) is 12.5. The first-order valence-corrected chi connectivity index (χ1v) is 6.04. The van der Waals surface area contributed by atoms with E-state index in [0.29, 0.717) is 0 Å². The van der Waals surface area contributed by atoms with E-state index in [1.54, 1.807) is 0 Å². The van der Waals surface area contributed by atoms with Gasteiger partial charge in [0.05, 0.1) is 10.7 Å². The minimum atomic E-state index is -4.12. The smallest absolute Gasteiger partial charge is 0.289 e. The van der Waals surface area contributed by atoms with Gasteiger partial charge in [-0.1, -0.05) is 23.2 Å². The van der Waals surface area contributed by atoms with E-state index in [1.807, 2.05) is 0 Å². The molecule has 0 radical (unpaired) electrons. The van der Waals surface area contributed by atoms with Crippen LogP contribution in [-0.2, 0) is 10.0 Å². The third kappa shape index (κ3) is 2.69. The number of benzene rings is 1. The van der Waals surface area contributed by atoms with Crippen LogP contribution < -0.4 is 17.2 Å². The Hall–Kier alpha value is -1.18. The van der Waals surface area contributed by atoms with Gasteiger partial charge in [0.1, 0.15) is 4.90 Å². The first-order valence-electron chi connectivity index (χ1n) is 3.84. The highest BCUT2D eigenvalue weighted by atomic mass is 35.5. The minimum Gasteiger partial charge on any atom is -0.398 e. The molecule has 88 valence electrons. The summed E-state index contributed by atoms with van der Waals surface area (Å²) in [7, 11) is -4.12. The van der Waals surface area contributed by atoms with Gasteiger partial charge < -0.3 is 17.2 Å². The van der Waals surface area contributed by atoms with Crippen molar-refractivity contribution in [3.05, 3.63) is 22.2 Å². The molecule has 0 atom stereocenters. The molecule has 0 heterocycles. The van der Waals surface area contributed by atoms with E-state index in [9.17, 15) is 8.42 Å². The Kier molecular flexibility index (Phi) is 3.51. The van der Waals surface area contributed by atoms with Crippen LogP contribution >= 0.6 is 23.2 Å². The van der Waals surface area contributed by atoms with Crippen LogP contribution in [0.4, 0.5) is 5.69 Å². The van der Waals surface area contributed by atoms with Crippen LogP contribution in [0, 0.1) is 0 Å². The van der Waals surface area contributed by atoms with Crippen molar-refractivity contribution in [3.8, 4) is 0 Å². The minimum absolute atomic E-state index is 0.123. The quantitative estimate of drug-likeness (QED) is 0.415. The number of nitrogen functional groups attached to an aromatic ring is 1. The van der Waals surface area contributed by atoms with Gasteiger partial charge >= 0.3 is 0 Å². The molecule has 0 unspecified atom stereocenters. The van der Waals surface area contributed by atoms with Crippen molar-refractivity contribution in [1.29, 1.82) is 0 Å². The fourth-order valence-corrected chi connectivity index (χ4v) is 2.87. The van der Waals surface area contributed by atoms with Crippen molar-refractivity contribution in [2.24, 2.45) is 15.9 Å². The molecule has 0 aliphatic heterocycles. The summed E-state index contributed by atoms with van der Waals surface area (Å²) in [6.07, 6.45) is 0. The number of hydrogen-bond acceptors (Lipinski definition) is 3. The summed E-state index contributed by atoms with van der Waals surface area (Å²) in [6.45, 7) is 0. The van der Waals surface area contributed by atoms with Crippen molar-refractivity contribution in [1.82, 2.24) is 0 Å². The van der Waals surface area contributed by atoms with E-state index in [2.05, 4.69) is 4.40 Å². The average molecular weight is 283 g/mol. The number of nitrogens with zero attached hydrogens (tertiary/aromatic N) is 1. The maximum Gasteiger partial charge on any atom is 0.289 e. The lowest BCUT2D eigenvalue weighted by Crippen LogP contribution is -2.24. The van der Waals surface area contributed by atoms with Gasteiger partial charge in [0.2, 0.25) is 5.96 Å². The molecule has 9 heteroatoms. The maximum atomic E-state index is 11.6. The largest absolute Gasteiger partial charge is 0.398 e. The van der Waals surface area contributed by atoms with E-state index in [-0.39, 0.29) is 20.6 Å². The second kappa shape index (κ2) is 4.36.